The second-order valence-corrected chi connectivity index (χ2v) is 9.25. The molecule has 1 aromatic carbocycles. The van der Waals surface area contributed by atoms with Gasteiger partial charge in [0.15, 0.2) is 5.76 Å². The van der Waals surface area contributed by atoms with Gasteiger partial charge in [-0.2, -0.15) is 0 Å². The van der Waals surface area contributed by atoms with Crippen LogP contribution < -0.4 is 0 Å². The van der Waals surface area contributed by atoms with E-state index in [4.69, 9.17) is 4.74 Å². The lowest BCUT2D eigenvalue weighted by Gasteiger charge is -2.30. The average molecular weight is 458 g/mol. The van der Waals surface area contributed by atoms with E-state index in [-0.39, 0.29) is 11.3 Å². The predicted molar refractivity (Wildman–Crippen MR) is 120 cm³/mol. The molecule has 4 rings (SSSR count). The number of hydrogen-bond acceptors (Lipinski definition) is 8. The maximum absolute atomic E-state index is 13.5. The number of nitrogens with zero attached hydrogens (tertiary/aromatic N) is 3. The Morgan fingerprint density at radius 3 is 2.62 bits per heavy atom. The number of aliphatic hydroxyl groups excluding tert-OH is 1. The van der Waals surface area contributed by atoms with Crippen LogP contribution in [0.15, 0.2) is 35.6 Å². The Morgan fingerprint density at radius 2 is 1.97 bits per heavy atom. The number of aliphatic hydroxyl groups is 1. The topological polar surface area (TPSA) is 103 Å². The minimum absolute atomic E-state index is 0.0335. The lowest BCUT2D eigenvalue weighted by Crippen LogP contribution is -2.39. The molecule has 1 amide bonds. The van der Waals surface area contributed by atoms with Gasteiger partial charge in [0, 0.05) is 26.2 Å². The zero-order valence-electron chi connectivity index (χ0n) is 18.2. The van der Waals surface area contributed by atoms with E-state index >= 15 is 0 Å². The summed E-state index contributed by atoms with van der Waals surface area (Å²) in [6.07, 6.45) is 0.689. The van der Waals surface area contributed by atoms with E-state index in [1.165, 1.54) is 28.4 Å². The molecule has 3 heterocycles. The number of thiazole rings is 1. The first-order valence-electron chi connectivity index (χ1n) is 10.7. The smallest absolute Gasteiger partial charge is 0.290 e. The van der Waals surface area contributed by atoms with Gasteiger partial charge in [0.25, 0.3) is 5.91 Å². The molecule has 170 valence electrons. The standard InChI is InChI=1S/C23H27N3O5S/c1-14-22(32-15(2)24-14)20(28)18-19(16-5-3-6-17(27)13-16)26(23(30)21(18)29)8-4-7-25-9-11-31-12-10-25/h3,5-6,13,19,27,29H,4,7-12H2,1-2H3. The highest BCUT2D eigenvalue weighted by Gasteiger charge is 2.44. The highest BCUT2D eigenvalue weighted by atomic mass is 32.1. The molecule has 1 fully saturated rings. The molecule has 2 aliphatic rings. The molecule has 1 unspecified atom stereocenters. The van der Waals surface area contributed by atoms with E-state index in [9.17, 15) is 19.8 Å². The summed E-state index contributed by atoms with van der Waals surface area (Å²) in [5.74, 6) is -1.46. The molecule has 0 spiro atoms. The van der Waals surface area contributed by atoms with Gasteiger partial charge < -0.3 is 19.8 Å². The lowest BCUT2D eigenvalue weighted by molar-refractivity contribution is -0.129. The molecule has 1 aromatic heterocycles. The van der Waals surface area contributed by atoms with E-state index in [1.807, 2.05) is 6.92 Å². The third kappa shape index (κ3) is 4.41. The number of phenols is 1. The van der Waals surface area contributed by atoms with E-state index in [0.717, 1.165) is 24.6 Å². The number of rotatable bonds is 7. The van der Waals surface area contributed by atoms with Gasteiger partial charge in [0.05, 0.1) is 40.4 Å². The highest BCUT2D eigenvalue weighted by molar-refractivity contribution is 7.14. The Bertz CT molecular complexity index is 1060. The number of ketones is 1. The summed E-state index contributed by atoms with van der Waals surface area (Å²) in [5, 5.41) is 21.5. The van der Waals surface area contributed by atoms with Crippen molar-refractivity contribution >= 4 is 23.0 Å². The van der Waals surface area contributed by atoms with Crippen molar-refractivity contribution in [2.75, 3.05) is 39.4 Å². The van der Waals surface area contributed by atoms with E-state index in [2.05, 4.69) is 9.88 Å². The molecule has 0 aliphatic carbocycles. The fraction of sp³-hybridized carbons (Fsp3) is 0.435. The third-order valence-electron chi connectivity index (χ3n) is 5.82. The molecule has 32 heavy (non-hydrogen) atoms. The zero-order chi connectivity index (χ0) is 22.8. The molecule has 2 aliphatic heterocycles. The van der Waals surface area contributed by atoms with Gasteiger partial charge in [0.1, 0.15) is 5.75 Å². The number of amides is 1. The maximum atomic E-state index is 13.5. The Morgan fingerprint density at radius 1 is 1.22 bits per heavy atom. The van der Waals surface area contributed by atoms with Crippen LogP contribution in [0.1, 0.15) is 38.4 Å². The van der Waals surface area contributed by atoms with Crippen LogP contribution in [0, 0.1) is 13.8 Å². The van der Waals surface area contributed by atoms with Crippen molar-refractivity contribution in [1.82, 2.24) is 14.8 Å². The highest BCUT2D eigenvalue weighted by Crippen LogP contribution is 2.40. The Hall–Kier alpha value is -2.75. The molecule has 1 saturated heterocycles. The summed E-state index contributed by atoms with van der Waals surface area (Å²) in [7, 11) is 0. The molecule has 0 saturated carbocycles. The minimum atomic E-state index is -0.770. The SMILES string of the molecule is Cc1nc(C)c(C(=O)C2=C(O)C(=O)N(CCCN3CCOCC3)C2c2cccc(O)c2)s1. The second-order valence-electron chi connectivity index (χ2n) is 8.04. The largest absolute Gasteiger partial charge is 0.508 e. The molecular weight excluding hydrogens is 430 g/mol. The summed E-state index contributed by atoms with van der Waals surface area (Å²) in [6.45, 7) is 7.81. The number of morpholine rings is 1. The summed E-state index contributed by atoms with van der Waals surface area (Å²) in [4.78, 5) is 35.0. The number of aryl methyl sites for hydroxylation is 2. The Labute approximate surface area is 190 Å². The van der Waals surface area contributed by atoms with E-state index in [1.54, 1.807) is 19.1 Å². The molecule has 0 radical (unpaired) electrons. The number of benzene rings is 1. The summed E-state index contributed by atoms with van der Waals surface area (Å²) in [6, 6.07) is 5.71. The van der Waals surface area contributed by atoms with Crippen LogP contribution in [0.5, 0.6) is 5.75 Å². The zero-order valence-corrected chi connectivity index (χ0v) is 19.0. The molecular formula is C23H27N3O5S. The van der Waals surface area contributed by atoms with Crippen molar-refractivity contribution in [3.8, 4) is 5.75 Å². The number of aromatic nitrogens is 1. The van der Waals surface area contributed by atoms with Crippen LogP contribution in [0.3, 0.4) is 0 Å². The first kappa shape index (κ1) is 22.4. The molecule has 9 heteroatoms. The average Bonchev–Trinajstić information content (AvgIpc) is 3.24. The van der Waals surface area contributed by atoms with Crippen molar-refractivity contribution in [2.45, 2.75) is 26.3 Å². The van der Waals surface area contributed by atoms with Crippen LogP contribution in [0.25, 0.3) is 0 Å². The predicted octanol–water partition coefficient (Wildman–Crippen LogP) is 2.77. The van der Waals surface area contributed by atoms with Crippen LogP contribution in [0.2, 0.25) is 0 Å². The van der Waals surface area contributed by atoms with Gasteiger partial charge in [-0.3, -0.25) is 14.5 Å². The fourth-order valence-corrected chi connectivity index (χ4v) is 5.19. The number of hydrogen-bond donors (Lipinski definition) is 2. The van der Waals surface area contributed by atoms with Crippen molar-refractivity contribution in [3.05, 3.63) is 56.7 Å². The number of carbonyl (C=O) groups excluding carboxylic acids is 2. The van der Waals surface area contributed by atoms with Gasteiger partial charge in [-0.25, -0.2) is 4.98 Å². The number of ether oxygens (including phenoxy) is 1. The van der Waals surface area contributed by atoms with E-state index in [0.29, 0.717) is 42.3 Å². The van der Waals surface area contributed by atoms with E-state index < -0.39 is 23.5 Å². The quantitative estimate of drug-likeness (QED) is 0.616. The van der Waals surface area contributed by atoms with Crippen LogP contribution in [-0.2, 0) is 9.53 Å². The molecule has 8 nitrogen and oxygen atoms in total. The fourth-order valence-electron chi connectivity index (χ4n) is 4.31. The first-order chi connectivity index (χ1) is 15.4. The number of phenolic OH excluding ortho intramolecular Hbond substituents is 1. The summed E-state index contributed by atoms with van der Waals surface area (Å²) in [5.41, 5.74) is 1.19. The molecule has 0 bridgehead atoms. The van der Waals surface area contributed by atoms with Gasteiger partial charge >= 0.3 is 0 Å². The maximum Gasteiger partial charge on any atom is 0.290 e. The number of Topliss-reactive ketones (excluding diaryl/α,β-unsaturated/α-hetero) is 1. The minimum Gasteiger partial charge on any atom is -0.508 e. The number of carbonyl (C=O) groups is 2. The van der Waals surface area contributed by atoms with Gasteiger partial charge in [-0.1, -0.05) is 12.1 Å². The van der Waals surface area contributed by atoms with Crippen LogP contribution in [-0.4, -0.2) is 76.1 Å². The summed E-state index contributed by atoms with van der Waals surface area (Å²) >= 11 is 1.25. The van der Waals surface area contributed by atoms with Crippen molar-refractivity contribution in [2.24, 2.45) is 0 Å². The van der Waals surface area contributed by atoms with Gasteiger partial charge in [-0.05, 0) is 38.0 Å². The Kier molecular flexibility index (Phi) is 6.59. The molecule has 1 atom stereocenters. The van der Waals surface area contributed by atoms with Crippen LogP contribution in [0.4, 0.5) is 0 Å². The Balaban J connectivity index is 1.64. The summed E-state index contributed by atoms with van der Waals surface area (Å²) < 4.78 is 5.38. The lowest BCUT2D eigenvalue weighted by atomic mass is 9.95. The monoisotopic (exact) mass is 457 g/mol. The van der Waals surface area contributed by atoms with Crippen molar-refractivity contribution < 1.29 is 24.5 Å². The molecule has 2 aromatic rings. The number of aromatic hydroxyl groups is 1. The second kappa shape index (κ2) is 9.40. The normalized spacial score (nSPS) is 19.8. The van der Waals surface area contributed by atoms with Crippen LogP contribution >= 0.6 is 11.3 Å². The van der Waals surface area contributed by atoms with Gasteiger partial charge in [0.2, 0.25) is 5.78 Å². The van der Waals surface area contributed by atoms with Gasteiger partial charge in [-0.15, -0.1) is 11.3 Å². The van der Waals surface area contributed by atoms with Crippen molar-refractivity contribution in [3.63, 3.8) is 0 Å². The van der Waals surface area contributed by atoms with Crippen molar-refractivity contribution in [1.29, 1.82) is 0 Å². The first-order valence-corrected chi connectivity index (χ1v) is 11.5. The third-order valence-corrected chi connectivity index (χ3v) is 6.89. The molecule has 2 N–H and O–H groups in total.